The highest BCUT2D eigenvalue weighted by molar-refractivity contribution is 5.27. The van der Waals surface area contributed by atoms with Gasteiger partial charge in [-0.2, -0.15) is 0 Å². The van der Waals surface area contributed by atoms with E-state index in [9.17, 15) is 4.39 Å². The van der Waals surface area contributed by atoms with Crippen molar-refractivity contribution in [3.8, 4) is 0 Å². The van der Waals surface area contributed by atoms with Gasteiger partial charge in [-0.05, 0) is 49.1 Å². The van der Waals surface area contributed by atoms with Crippen LogP contribution in [0.2, 0.25) is 0 Å². The minimum atomic E-state index is -0.134. The van der Waals surface area contributed by atoms with Crippen molar-refractivity contribution in [2.24, 2.45) is 5.92 Å². The molecule has 0 aliphatic heterocycles. The lowest BCUT2D eigenvalue weighted by atomic mass is 9.91. The molecule has 2 heteroatoms. The number of halogens is 1. The molecule has 0 radical (unpaired) electrons. The van der Waals surface area contributed by atoms with Crippen molar-refractivity contribution in [1.29, 1.82) is 0 Å². The predicted octanol–water partition coefficient (Wildman–Crippen LogP) is 3.70. The molecular formula is C15H24FN. The lowest BCUT2D eigenvalue weighted by molar-refractivity contribution is 0.370. The lowest BCUT2D eigenvalue weighted by Gasteiger charge is -2.24. The van der Waals surface area contributed by atoms with Crippen LogP contribution in [0.1, 0.15) is 38.3 Å². The summed E-state index contributed by atoms with van der Waals surface area (Å²) in [4.78, 5) is 0. The van der Waals surface area contributed by atoms with Crippen LogP contribution in [-0.4, -0.2) is 12.6 Å². The molecule has 1 N–H and O–H groups in total. The summed E-state index contributed by atoms with van der Waals surface area (Å²) in [5.74, 6) is 0.475. The number of nitrogens with one attached hydrogen (secondary N) is 1. The second-order valence-corrected chi connectivity index (χ2v) is 4.82. The number of hydrogen-bond donors (Lipinski definition) is 1. The summed E-state index contributed by atoms with van der Waals surface area (Å²) in [5, 5.41) is 3.51. The van der Waals surface area contributed by atoms with E-state index < -0.39 is 0 Å². The topological polar surface area (TPSA) is 12.0 Å². The number of hydrogen-bond acceptors (Lipinski definition) is 1. The maximum atomic E-state index is 13.2. The van der Waals surface area contributed by atoms with Crippen LogP contribution >= 0.6 is 0 Å². The first-order valence-electron chi connectivity index (χ1n) is 6.56. The van der Waals surface area contributed by atoms with E-state index in [4.69, 9.17) is 0 Å². The first kappa shape index (κ1) is 14.2. The van der Waals surface area contributed by atoms with E-state index in [-0.39, 0.29) is 5.82 Å². The molecule has 1 rings (SSSR count). The zero-order chi connectivity index (χ0) is 12.8. The largest absolute Gasteiger partial charge is 0.314 e. The van der Waals surface area contributed by atoms with Gasteiger partial charge in [0.2, 0.25) is 0 Å². The van der Waals surface area contributed by atoms with Crippen molar-refractivity contribution in [2.75, 3.05) is 6.54 Å². The molecule has 0 spiro atoms. The minimum Gasteiger partial charge on any atom is -0.314 e. The highest BCUT2D eigenvalue weighted by Gasteiger charge is 2.16. The predicted molar refractivity (Wildman–Crippen MR) is 71.8 cm³/mol. The number of rotatable bonds is 6. The van der Waals surface area contributed by atoms with Crippen LogP contribution in [0, 0.1) is 18.7 Å². The Labute approximate surface area is 104 Å². The maximum Gasteiger partial charge on any atom is 0.123 e. The smallest absolute Gasteiger partial charge is 0.123 e. The molecule has 1 aromatic carbocycles. The van der Waals surface area contributed by atoms with E-state index in [0.29, 0.717) is 12.0 Å². The van der Waals surface area contributed by atoms with Crippen LogP contribution in [0.4, 0.5) is 4.39 Å². The Morgan fingerprint density at radius 3 is 2.59 bits per heavy atom. The summed E-state index contributed by atoms with van der Waals surface area (Å²) >= 11 is 0. The van der Waals surface area contributed by atoms with Crippen molar-refractivity contribution in [3.63, 3.8) is 0 Å². The van der Waals surface area contributed by atoms with Gasteiger partial charge in [-0.3, -0.25) is 0 Å². The second-order valence-electron chi connectivity index (χ2n) is 4.82. The molecule has 2 unspecified atom stereocenters. The van der Waals surface area contributed by atoms with Gasteiger partial charge in [0.1, 0.15) is 5.82 Å². The summed E-state index contributed by atoms with van der Waals surface area (Å²) in [5.41, 5.74) is 2.30. The molecule has 1 nitrogen and oxygen atoms in total. The third kappa shape index (κ3) is 4.12. The number of aryl methyl sites for hydroxylation is 1. The third-order valence-corrected chi connectivity index (χ3v) is 3.55. The average molecular weight is 237 g/mol. The molecule has 0 heterocycles. The standard InChI is InChI=1S/C15H24FN/c1-5-11(3)15(17-6-2)10-13-9-14(16)8-7-12(13)4/h7-9,11,15,17H,5-6,10H2,1-4H3. The van der Waals surface area contributed by atoms with Gasteiger partial charge in [0, 0.05) is 6.04 Å². The first-order valence-corrected chi connectivity index (χ1v) is 6.56. The fourth-order valence-electron chi connectivity index (χ4n) is 2.12. The number of likely N-dealkylation sites (N-methyl/N-ethyl adjacent to an activating group) is 1. The van der Waals surface area contributed by atoms with E-state index in [1.165, 1.54) is 11.6 Å². The lowest BCUT2D eigenvalue weighted by Crippen LogP contribution is -2.36. The molecule has 0 aliphatic carbocycles. The molecule has 0 fully saturated rings. The van der Waals surface area contributed by atoms with Crippen molar-refractivity contribution in [3.05, 3.63) is 35.1 Å². The molecular weight excluding hydrogens is 213 g/mol. The summed E-state index contributed by atoms with van der Waals surface area (Å²) in [7, 11) is 0. The van der Waals surface area contributed by atoms with Gasteiger partial charge in [0.05, 0.1) is 0 Å². The fraction of sp³-hybridized carbons (Fsp3) is 0.600. The molecule has 0 bridgehead atoms. The molecule has 2 atom stereocenters. The summed E-state index contributed by atoms with van der Waals surface area (Å²) in [6.07, 6.45) is 2.05. The molecule has 0 saturated carbocycles. The van der Waals surface area contributed by atoms with Crippen LogP contribution in [0.25, 0.3) is 0 Å². The molecule has 0 aromatic heterocycles. The SMILES string of the molecule is CCNC(Cc1cc(F)ccc1C)C(C)CC. The van der Waals surface area contributed by atoms with E-state index in [1.807, 2.05) is 13.0 Å². The van der Waals surface area contributed by atoms with Gasteiger partial charge >= 0.3 is 0 Å². The monoisotopic (exact) mass is 237 g/mol. The Morgan fingerprint density at radius 1 is 1.29 bits per heavy atom. The van der Waals surface area contributed by atoms with E-state index in [0.717, 1.165) is 24.9 Å². The van der Waals surface area contributed by atoms with Gasteiger partial charge in [-0.25, -0.2) is 4.39 Å². The van der Waals surface area contributed by atoms with Crippen molar-refractivity contribution < 1.29 is 4.39 Å². The Hall–Kier alpha value is -0.890. The zero-order valence-corrected chi connectivity index (χ0v) is 11.4. The van der Waals surface area contributed by atoms with Crippen LogP contribution in [0.5, 0.6) is 0 Å². The molecule has 0 saturated heterocycles. The fourth-order valence-corrected chi connectivity index (χ4v) is 2.12. The van der Waals surface area contributed by atoms with Gasteiger partial charge in [-0.1, -0.05) is 33.3 Å². The maximum absolute atomic E-state index is 13.2. The second kappa shape index (κ2) is 6.75. The Balaban J connectivity index is 2.81. The van der Waals surface area contributed by atoms with Crippen molar-refractivity contribution >= 4 is 0 Å². The quantitative estimate of drug-likeness (QED) is 0.795. The summed E-state index contributed by atoms with van der Waals surface area (Å²) in [6, 6.07) is 5.50. The highest BCUT2D eigenvalue weighted by atomic mass is 19.1. The zero-order valence-electron chi connectivity index (χ0n) is 11.4. The van der Waals surface area contributed by atoms with Gasteiger partial charge in [0.25, 0.3) is 0 Å². The number of benzene rings is 1. The average Bonchev–Trinajstić information content (AvgIpc) is 2.32. The highest BCUT2D eigenvalue weighted by Crippen LogP contribution is 2.17. The van der Waals surface area contributed by atoms with Crippen LogP contribution < -0.4 is 5.32 Å². The molecule has 0 aliphatic rings. The van der Waals surface area contributed by atoms with Gasteiger partial charge in [0.15, 0.2) is 0 Å². The molecule has 1 aromatic rings. The Bertz CT molecular complexity index is 349. The van der Waals surface area contributed by atoms with E-state index in [2.05, 4.69) is 26.1 Å². The van der Waals surface area contributed by atoms with E-state index >= 15 is 0 Å². The van der Waals surface area contributed by atoms with E-state index in [1.54, 1.807) is 6.07 Å². The van der Waals surface area contributed by atoms with Crippen molar-refractivity contribution in [1.82, 2.24) is 5.32 Å². The minimum absolute atomic E-state index is 0.134. The van der Waals surface area contributed by atoms with Gasteiger partial charge in [-0.15, -0.1) is 0 Å². The Morgan fingerprint density at radius 2 is 2.00 bits per heavy atom. The van der Waals surface area contributed by atoms with Gasteiger partial charge < -0.3 is 5.32 Å². The molecule has 0 amide bonds. The van der Waals surface area contributed by atoms with Crippen LogP contribution in [0.15, 0.2) is 18.2 Å². The summed E-state index contributed by atoms with van der Waals surface area (Å²) < 4.78 is 13.2. The summed E-state index contributed by atoms with van der Waals surface area (Å²) in [6.45, 7) is 9.58. The third-order valence-electron chi connectivity index (χ3n) is 3.55. The van der Waals surface area contributed by atoms with Crippen LogP contribution in [-0.2, 0) is 6.42 Å². The van der Waals surface area contributed by atoms with Crippen molar-refractivity contribution in [2.45, 2.75) is 46.6 Å². The molecule has 96 valence electrons. The molecule has 17 heavy (non-hydrogen) atoms. The van der Waals surface area contributed by atoms with Crippen LogP contribution in [0.3, 0.4) is 0 Å². The first-order chi connectivity index (χ1) is 8.08. The normalized spacial score (nSPS) is 14.6. The Kier molecular flexibility index (Phi) is 5.63.